The van der Waals surface area contributed by atoms with Gasteiger partial charge in [-0.3, -0.25) is 4.79 Å². The van der Waals surface area contributed by atoms with Crippen molar-refractivity contribution in [2.24, 2.45) is 0 Å². The predicted molar refractivity (Wildman–Crippen MR) is 75.2 cm³/mol. The first-order chi connectivity index (χ1) is 9.04. The molecule has 0 bridgehead atoms. The Morgan fingerprint density at radius 2 is 1.79 bits per heavy atom. The molecule has 0 spiro atoms. The van der Waals surface area contributed by atoms with E-state index < -0.39 is 5.82 Å². The summed E-state index contributed by atoms with van der Waals surface area (Å²) in [6.45, 7) is 0. The Morgan fingerprint density at radius 3 is 2.42 bits per heavy atom. The maximum Gasteiger partial charge on any atom is 0.228 e. The maximum absolute atomic E-state index is 12.9. The van der Waals surface area contributed by atoms with Crippen LogP contribution >= 0.6 is 23.2 Å². The van der Waals surface area contributed by atoms with Gasteiger partial charge in [0.05, 0.1) is 17.1 Å². The van der Waals surface area contributed by atoms with E-state index in [0.29, 0.717) is 10.7 Å². The third-order valence-electron chi connectivity index (χ3n) is 2.48. The van der Waals surface area contributed by atoms with Gasteiger partial charge in [0.1, 0.15) is 5.82 Å². The average molecular weight is 298 g/mol. The fourth-order valence-corrected chi connectivity index (χ4v) is 1.91. The Labute approximate surface area is 120 Å². The lowest BCUT2D eigenvalue weighted by molar-refractivity contribution is -0.115. The summed E-state index contributed by atoms with van der Waals surface area (Å²) in [5.41, 5.74) is 1.22. The van der Waals surface area contributed by atoms with Crippen molar-refractivity contribution >= 4 is 34.8 Å². The molecule has 5 heteroatoms. The van der Waals surface area contributed by atoms with Crippen LogP contribution < -0.4 is 5.32 Å². The monoisotopic (exact) mass is 297 g/mol. The molecule has 2 aromatic carbocycles. The first-order valence-electron chi connectivity index (χ1n) is 5.54. The summed E-state index contributed by atoms with van der Waals surface area (Å²) in [6.07, 6.45) is 0.199. The van der Waals surface area contributed by atoms with E-state index in [1.54, 1.807) is 24.3 Å². The molecule has 2 aromatic rings. The first-order valence-corrected chi connectivity index (χ1v) is 6.29. The summed E-state index contributed by atoms with van der Waals surface area (Å²) in [6, 6.07) is 10.8. The quantitative estimate of drug-likeness (QED) is 0.898. The van der Waals surface area contributed by atoms with Crippen molar-refractivity contribution in [1.29, 1.82) is 0 Å². The normalized spacial score (nSPS) is 10.3. The topological polar surface area (TPSA) is 29.1 Å². The van der Waals surface area contributed by atoms with Crippen LogP contribution in [0, 0.1) is 5.82 Å². The second-order valence-corrected chi connectivity index (χ2v) is 4.82. The van der Waals surface area contributed by atoms with Gasteiger partial charge in [0, 0.05) is 5.02 Å². The number of hydrogen-bond acceptors (Lipinski definition) is 1. The van der Waals surface area contributed by atoms with Gasteiger partial charge in [-0.15, -0.1) is 0 Å². The van der Waals surface area contributed by atoms with Crippen LogP contribution in [0.3, 0.4) is 0 Å². The van der Waals surface area contributed by atoms with Gasteiger partial charge in [-0.05, 0) is 35.9 Å². The third kappa shape index (κ3) is 3.94. The highest BCUT2D eigenvalue weighted by atomic mass is 35.5. The Bertz CT molecular complexity index is 599. The number of hydrogen-bond donors (Lipinski definition) is 1. The zero-order valence-electron chi connectivity index (χ0n) is 9.79. The number of carbonyl (C=O) groups is 1. The highest BCUT2D eigenvalue weighted by Gasteiger charge is 2.07. The van der Waals surface area contributed by atoms with Gasteiger partial charge < -0.3 is 5.32 Å². The van der Waals surface area contributed by atoms with E-state index in [0.717, 1.165) is 11.6 Å². The van der Waals surface area contributed by atoms with E-state index in [4.69, 9.17) is 23.2 Å². The van der Waals surface area contributed by atoms with Crippen LogP contribution in [-0.4, -0.2) is 5.91 Å². The second-order valence-electron chi connectivity index (χ2n) is 3.98. The Hall–Kier alpha value is -1.58. The number of carbonyl (C=O) groups excluding carboxylic acids is 1. The van der Waals surface area contributed by atoms with Crippen LogP contribution in [0.5, 0.6) is 0 Å². The lowest BCUT2D eigenvalue weighted by atomic mass is 10.1. The Balaban J connectivity index is 2.03. The second kappa shape index (κ2) is 6.04. The van der Waals surface area contributed by atoms with Crippen LogP contribution in [0.15, 0.2) is 42.5 Å². The largest absolute Gasteiger partial charge is 0.324 e. The third-order valence-corrected chi connectivity index (χ3v) is 3.05. The Kier molecular flexibility index (Phi) is 4.40. The van der Waals surface area contributed by atoms with Crippen molar-refractivity contribution in [2.75, 3.05) is 5.32 Å². The molecule has 0 fully saturated rings. The van der Waals surface area contributed by atoms with Crippen molar-refractivity contribution in [3.05, 3.63) is 63.9 Å². The molecule has 0 aliphatic rings. The molecule has 1 N–H and O–H groups in total. The van der Waals surface area contributed by atoms with Gasteiger partial charge in [-0.25, -0.2) is 4.39 Å². The lowest BCUT2D eigenvalue weighted by Gasteiger charge is -2.07. The number of benzene rings is 2. The van der Waals surface area contributed by atoms with Gasteiger partial charge in [0.2, 0.25) is 5.91 Å². The average Bonchev–Trinajstić information content (AvgIpc) is 2.36. The summed E-state index contributed by atoms with van der Waals surface area (Å²) in [5.74, 6) is -0.670. The van der Waals surface area contributed by atoms with Gasteiger partial charge >= 0.3 is 0 Å². The van der Waals surface area contributed by atoms with Gasteiger partial charge in [0.25, 0.3) is 0 Å². The molecule has 0 unspecified atom stereocenters. The number of anilines is 1. The van der Waals surface area contributed by atoms with Crippen molar-refractivity contribution in [3.63, 3.8) is 0 Å². The van der Waals surface area contributed by atoms with Crippen molar-refractivity contribution in [3.8, 4) is 0 Å². The summed E-state index contributed by atoms with van der Waals surface area (Å²) < 4.78 is 12.9. The van der Waals surface area contributed by atoms with E-state index in [9.17, 15) is 9.18 Å². The first kappa shape index (κ1) is 13.8. The Morgan fingerprint density at radius 1 is 1.11 bits per heavy atom. The zero-order valence-corrected chi connectivity index (χ0v) is 11.3. The van der Waals surface area contributed by atoms with Gasteiger partial charge in [-0.1, -0.05) is 35.3 Å². The highest BCUT2D eigenvalue weighted by Crippen LogP contribution is 2.22. The molecular weight excluding hydrogens is 288 g/mol. The minimum atomic E-state index is -0.444. The van der Waals surface area contributed by atoms with E-state index >= 15 is 0 Å². The summed E-state index contributed by atoms with van der Waals surface area (Å²) in [4.78, 5) is 11.8. The van der Waals surface area contributed by atoms with Crippen LogP contribution in [-0.2, 0) is 11.2 Å². The molecule has 2 nitrogen and oxygen atoms in total. The van der Waals surface area contributed by atoms with E-state index in [2.05, 4.69) is 5.32 Å². The molecule has 0 aliphatic heterocycles. The molecule has 0 aliphatic carbocycles. The minimum Gasteiger partial charge on any atom is -0.324 e. The van der Waals surface area contributed by atoms with Crippen molar-refractivity contribution in [2.45, 2.75) is 6.42 Å². The molecule has 19 heavy (non-hydrogen) atoms. The maximum atomic E-state index is 12.9. The fourth-order valence-electron chi connectivity index (χ4n) is 1.57. The molecule has 98 valence electrons. The summed E-state index contributed by atoms with van der Waals surface area (Å²) in [7, 11) is 0. The lowest BCUT2D eigenvalue weighted by Crippen LogP contribution is -2.14. The van der Waals surface area contributed by atoms with Gasteiger partial charge in [-0.2, -0.15) is 0 Å². The molecule has 2 rings (SSSR count). The molecule has 1 amide bonds. The molecule has 0 saturated heterocycles. The molecule has 0 atom stereocenters. The predicted octanol–water partition coefficient (Wildman–Crippen LogP) is 4.31. The van der Waals surface area contributed by atoms with Crippen LogP contribution in [0.4, 0.5) is 10.1 Å². The molecular formula is C14H10Cl2FNO. The van der Waals surface area contributed by atoms with E-state index in [1.165, 1.54) is 12.1 Å². The van der Waals surface area contributed by atoms with E-state index in [-0.39, 0.29) is 17.4 Å². The van der Waals surface area contributed by atoms with Crippen LogP contribution in [0.2, 0.25) is 10.0 Å². The van der Waals surface area contributed by atoms with E-state index in [1.807, 2.05) is 0 Å². The molecule has 0 radical (unpaired) electrons. The van der Waals surface area contributed by atoms with Gasteiger partial charge in [0.15, 0.2) is 0 Å². The highest BCUT2D eigenvalue weighted by molar-refractivity contribution is 6.33. The minimum absolute atomic E-state index is 0.171. The number of rotatable bonds is 3. The smallest absolute Gasteiger partial charge is 0.228 e. The zero-order chi connectivity index (χ0) is 13.8. The van der Waals surface area contributed by atoms with Crippen LogP contribution in [0.1, 0.15) is 5.56 Å². The van der Waals surface area contributed by atoms with Crippen molar-refractivity contribution < 1.29 is 9.18 Å². The SMILES string of the molecule is O=C(Cc1ccc(Cl)cc1)Nc1ccc(F)cc1Cl. The summed E-state index contributed by atoms with van der Waals surface area (Å²) in [5, 5.41) is 3.42. The standard InChI is InChI=1S/C14H10Cl2FNO/c15-10-3-1-9(2-4-10)7-14(19)18-13-6-5-11(17)8-12(13)16/h1-6,8H,7H2,(H,18,19). The fraction of sp³-hybridized carbons (Fsp3) is 0.0714. The molecule has 0 aromatic heterocycles. The van der Waals surface area contributed by atoms with Crippen molar-refractivity contribution in [1.82, 2.24) is 0 Å². The summed E-state index contributed by atoms with van der Waals surface area (Å²) >= 11 is 11.6. The number of nitrogens with one attached hydrogen (secondary N) is 1. The van der Waals surface area contributed by atoms with Crippen LogP contribution in [0.25, 0.3) is 0 Å². The number of amides is 1. The number of halogens is 3. The molecule has 0 heterocycles. The molecule has 0 saturated carbocycles.